The quantitative estimate of drug-likeness (QED) is 0.874. The van der Waals surface area contributed by atoms with Crippen LogP contribution in [0.1, 0.15) is 56.1 Å². The molecule has 1 aromatic heterocycles. The van der Waals surface area contributed by atoms with Crippen LogP contribution in [-0.4, -0.2) is 11.0 Å². The zero-order chi connectivity index (χ0) is 11.8. The number of nitrogens with zero attached hydrogens (tertiary/aromatic N) is 1. The summed E-state index contributed by atoms with van der Waals surface area (Å²) in [5, 5.41) is 4.70. The Labute approximate surface area is 102 Å². The van der Waals surface area contributed by atoms with Gasteiger partial charge in [0.05, 0.1) is 5.69 Å². The van der Waals surface area contributed by atoms with Gasteiger partial charge in [-0.1, -0.05) is 27.7 Å². The molecule has 0 saturated heterocycles. The van der Waals surface area contributed by atoms with E-state index in [4.69, 9.17) is 4.98 Å². The maximum atomic E-state index is 4.83. The van der Waals surface area contributed by atoms with E-state index in [1.54, 1.807) is 0 Å². The third kappa shape index (κ3) is 2.46. The van der Waals surface area contributed by atoms with Crippen molar-refractivity contribution in [3.63, 3.8) is 0 Å². The van der Waals surface area contributed by atoms with Crippen LogP contribution < -0.4 is 5.32 Å². The van der Waals surface area contributed by atoms with E-state index in [0.29, 0.717) is 11.5 Å². The first kappa shape index (κ1) is 12.1. The van der Waals surface area contributed by atoms with E-state index in [-0.39, 0.29) is 0 Å². The molecule has 1 heterocycles. The van der Waals surface area contributed by atoms with Crippen LogP contribution in [0.3, 0.4) is 0 Å². The van der Waals surface area contributed by atoms with Gasteiger partial charge in [0, 0.05) is 22.9 Å². The Hall–Kier alpha value is -0.410. The third-order valence-electron chi connectivity index (χ3n) is 3.25. The molecular formula is C13H22N2S. The van der Waals surface area contributed by atoms with Gasteiger partial charge in [-0.15, -0.1) is 11.3 Å². The summed E-state index contributed by atoms with van der Waals surface area (Å²) >= 11 is 1.91. The Morgan fingerprint density at radius 1 is 1.44 bits per heavy atom. The SMILES string of the molecule is CC(C)NCc1nc2c(s1)CCCC2(C)C. The Balaban J connectivity index is 2.16. The van der Waals surface area contributed by atoms with Gasteiger partial charge in [-0.05, 0) is 19.3 Å². The molecule has 0 fully saturated rings. The second kappa shape index (κ2) is 4.46. The summed E-state index contributed by atoms with van der Waals surface area (Å²) in [7, 11) is 0. The first-order valence-electron chi connectivity index (χ1n) is 6.21. The fourth-order valence-electron chi connectivity index (χ4n) is 2.27. The molecule has 1 aromatic rings. The molecule has 0 aliphatic heterocycles. The van der Waals surface area contributed by atoms with E-state index in [1.165, 1.54) is 34.8 Å². The van der Waals surface area contributed by atoms with Gasteiger partial charge in [0.1, 0.15) is 5.01 Å². The highest BCUT2D eigenvalue weighted by molar-refractivity contribution is 7.11. The van der Waals surface area contributed by atoms with Gasteiger partial charge in [0.2, 0.25) is 0 Å². The molecule has 0 saturated carbocycles. The van der Waals surface area contributed by atoms with Crippen LogP contribution >= 0.6 is 11.3 Å². The minimum absolute atomic E-state index is 0.292. The van der Waals surface area contributed by atoms with Crippen molar-refractivity contribution in [3.8, 4) is 0 Å². The Bertz CT molecular complexity index is 366. The average Bonchev–Trinajstić information content (AvgIpc) is 2.59. The fraction of sp³-hybridized carbons (Fsp3) is 0.769. The van der Waals surface area contributed by atoms with Crippen molar-refractivity contribution in [3.05, 3.63) is 15.6 Å². The molecule has 2 rings (SSSR count). The molecule has 1 aliphatic carbocycles. The number of aromatic nitrogens is 1. The van der Waals surface area contributed by atoms with Crippen LogP contribution in [0.4, 0.5) is 0 Å². The van der Waals surface area contributed by atoms with Crippen molar-refractivity contribution in [2.24, 2.45) is 0 Å². The maximum Gasteiger partial charge on any atom is 0.107 e. The highest BCUT2D eigenvalue weighted by atomic mass is 32.1. The van der Waals surface area contributed by atoms with Crippen molar-refractivity contribution in [2.75, 3.05) is 0 Å². The first-order valence-corrected chi connectivity index (χ1v) is 7.03. The summed E-state index contributed by atoms with van der Waals surface area (Å²) in [6, 6.07) is 0.536. The number of fused-ring (bicyclic) bond motifs is 1. The van der Waals surface area contributed by atoms with Crippen molar-refractivity contribution < 1.29 is 0 Å². The van der Waals surface area contributed by atoms with Crippen LogP contribution in [0.15, 0.2) is 0 Å². The molecule has 0 unspecified atom stereocenters. The molecule has 1 aliphatic rings. The molecule has 90 valence electrons. The number of nitrogens with one attached hydrogen (secondary N) is 1. The highest BCUT2D eigenvalue weighted by Crippen LogP contribution is 2.38. The topological polar surface area (TPSA) is 24.9 Å². The molecule has 0 radical (unpaired) electrons. The van der Waals surface area contributed by atoms with E-state index in [1.807, 2.05) is 11.3 Å². The van der Waals surface area contributed by atoms with Crippen LogP contribution in [0.5, 0.6) is 0 Å². The normalized spacial score (nSPS) is 18.8. The second-order valence-electron chi connectivity index (χ2n) is 5.65. The average molecular weight is 238 g/mol. The summed E-state index contributed by atoms with van der Waals surface area (Å²) in [4.78, 5) is 6.36. The monoisotopic (exact) mass is 238 g/mol. The molecule has 0 amide bonds. The molecular weight excluding hydrogens is 216 g/mol. The van der Waals surface area contributed by atoms with Crippen LogP contribution in [0.2, 0.25) is 0 Å². The van der Waals surface area contributed by atoms with Gasteiger partial charge < -0.3 is 5.32 Å². The van der Waals surface area contributed by atoms with E-state index in [0.717, 1.165) is 6.54 Å². The van der Waals surface area contributed by atoms with Gasteiger partial charge in [-0.3, -0.25) is 0 Å². The predicted octanol–water partition coefficient (Wildman–Crippen LogP) is 3.26. The summed E-state index contributed by atoms with van der Waals surface area (Å²) in [5.74, 6) is 0. The summed E-state index contributed by atoms with van der Waals surface area (Å²) in [5.41, 5.74) is 1.66. The molecule has 0 aromatic carbocycles. The largest absolute Gasteiger partial charge is 0.308 e. The number of hydrogen-bond donors (Lipinski definition) is 1. The van der Waals surface area contributed by atoms with Gasteiger partial charge >= 0.3 is 0 Å². The van der Waals surface area contributed by atoms with E-state index >= 15 is 0 Å². The highest BCUT2D eigenvalue weighted by Gasteiger charge is 2.30. The van der Waals surface area contributed by atoms with Gasteiger partial charge in [-0.25, -0.2) is 4.98 Å². The van der Waals surface area contributed by atoms with E-state index in [2.05, 4.69) is 33.0 Å². The molecule has 1 N–H and O–H groups in total. The van der Waals surface area contributed by atoms with E-state index in [9.17, 15) is 0 Å². The minimum Gasteiger partial charge on any atom is -0.308 e. The standard InChI is InChI=1S/C13H22N2S/c1-9(2)14-8-11-15-12-10(16-11)6-5-7-13(12,3)4/h9,14H,5-8H2,1-4H3. The summed E-state index contributed by atoms with van der Waals surface area (Å²) < 4.78 is 0. The van der Waals surface area contributed by atoms with Crippen LogP contribution in [0, 0.1) is 0 Å². The van der Waals surface area contributed by atoms with Crippen LogP contribution in [0.25, 0.3) is 0 Å². The summed E-state index contributed by atoms with van der Waals surface area (Å²) in [6.45, 7) is 9.93. The smallest absolute Gasteiger partial charge is 0.107 e. The Morgan fingerprint density at radius 2 is 2.19 bits per heavy atom. The lowest BCUT2D eigenvalue weighted by Gasteiger charge is -2.28. The lowest BCUT2D eigenvalue weighted by molar-refractivity contribution is 0.423. The molecule has 0 bridgehead atoms. The van der Waals surface area contributed by atoms with Crippen molar-refractivity contribution in [2.45, 2.75) is 65.0 Å². The molecule has 0 spiro atoms. The zero-order valence-electron chi connectivity index (χ0n) is 10.8. The summed E-state index contributed by atoms with van der Waals surface area (Å²) in [6.07, 6.45) is 3.83. The van der Waals surface area contributed by atoms with Gasteiger partial charge in [0.15, 0.2) is 0 Å². The Morgan fingerprint density at radius 3 is 2.81 bits per heavy atom. The van der Waals surface area contributed by atoms with E-state index < -0.39 is 0 Å². The van der Waals surface area contributed by atoms with Crippen molar-refractivity contribution in [1.29, 1.82) is 0 Å². The Kier molecular flexibility index (Phi) is 3.36. The lowest BCUT2D eigenvalue weighted by Crippen LogP contribution is -2.24. The molecule has 16 heavy (non-hydrogen) atoms. The molecule has 0 atom stereocenters. The molecule has 2 nitrogen and oxygen atoms in total. The second-order valence-corrected chi connectivity index (χ2v) is 6.82. The number of aryl methyl sites for hydroxylation is 1. The van der Waals surface area contributed by atoms with Crippen molar-refractivity contribution >= 4 is 11.3 Å². The maximum absolute atomic E-state index is 4.83. The zero-order valence-corrected chi connectivity index (χ0v) is 11.6. The van der Waals surface area contributed by atoms with Crippen LogP contribution in [-0.2, 0) is 18.4 Å². The van der Waals surface area contributed by atoms with Crippen molar-refractivity contribution in [1.82, 2.24) is 10.3 Å². The number of thiazole rings is 1. The van der Waals surface area contributed by atoms with Gasteiger partial charge in [-0.2, -0.15) is 0 Å². The first-order chi connectivity index (χ1) is 7.49. The van der Waals surface area contributed by atoms with Gasteiger partial charge in [0.25, 0.3) is 0 Å². The fourth-order valence-corrected chi connectivity index (χ4v) is 3.52. The minimum atomic E-state index is 0.292. The number of hydrogen-bond acceptors (Lipinski definition) is 3. The number of rotatable bonds is 3. The predicted molar refractivity (Wildman–Crippen MR) is 70.1 cm³/mol. The lowest BCUT2D eigenvalue weighted by atomic mass is 9.79. The molecule has 3 heteroatoms. The third-order valence-corrected chi connectivity index (χ3v) is 4.36.